The number of hydrogen-bond donors (Lipinski definition) is 0. The molecule has 0 N–H and O–H groups in total. The normalized spacial score (nSPS) is 11.6. The van der Waals surface area contributed by atoms with E-state index in [9.17, 15) is 0 Å². The molecule has 1 aromatic rings. The lowest BCUT2D eigenvalue weighted by atomic mass is 10.2. The molecule has 1 rings (SSSR count). The first-order valence-corrected chi connectivity index (χ1v) is 5.87. The molecule has 0 aromatic heterocycles. The van der Waals surface area contributed by atoms with Gasteiger partial charge in [0.1, 0.15) is 12.4 Å². The first-order chi connectivity index (χ1) is 8.67. The Bertz CT molecular complexity index is 459. The van der Waals surface area contributed by atoms with Crippen LogP contribution in [0.15, 0.2) is 24.3 Å². The summed E-state index contributed by atoms with van der Waals surface area (Å²) in [6.45, 7) is 3.31. The lowest BCUT2D eigenvalue weighted by Gasteiger charge is -2.22. The van der Waals surface area contributed by atoms with E-state index in [2.05, 4.69) is 17.0 Å². The molecule has 1 unspecified atom stereocenters. The zero-order valence-corrected chi connectivity index (χ0v) is 10.8. The topological polar surface area (TPSA) is 60.1 Å². The van der Waals surface area contributed by atoms with Crippen molar-refractivity contribution in [3.05, 3.63) is 29.8 Å². The van der Waals surface area contributed by atoms with Crippen molar-refractivity contribution >= 4 is 0 Å². The van der Waals surface area contributed by atoms with Crippen LogP contribution in [0.3, 0.4) is 0 Å². The quantitative estimate of drug-likeness (QED) is 0.768. The number of hydrogen-bond acceptors (Lipinski definition) is 4. The van der Waals surface area contributed by atoms with E-state index >= 15 is 0 Å². The van der Waals surface area contributed by atoms with Gasteiger partial charge in [0.2, 0.25) is 0 Å². The second-order valence-corrected chi connectivity index (χ2v) is 4.18. The van der Waals surface area contributed by atoms with Gasteiger partial charge in [-0.25, -0.2) is 0 Å². The van der Waals surface area contributed by atoms with E-state index in [1.165, 1.54) is 0 Å². The van der Waals surface area contributed by atoms with Gasteiger partial charge in [0, 0.05) is 12.6 Å². The number of ether oxygens (including phenoxy) is 1. The summed E-state index contributed by atoms with van der Waals surface area (Å²) >= 11 is 0. The third kappa shape index (κ3) is 4.45. The molecule has 0 saturated carbocycles. The van der Waals surface area contributed by atoms with Gasteiger partial charge >= 0.3 is 0 Å². The van der Waals surface area contributed by atoms with E-state index in [1.54, 1.807) is 18.2 Å². The van der Waals surface area contributed by atoms with Gasteiger partial charge in [0.25, 0.3) is 0 Å². The maximum atomic E-state index is 8.76. The maximum absolute atomic E-state index is 8.76. The van der Waals surface area contributed by atoms with Crippen molar-refractivity contribution in [1.29, 1.82) is 10.5 Å². The zero-order chi connectivity index (χ0) is 13.4. The molecule has 4 heteroatoms. The van der Waals surface area contributed by atoms with Gasteiger partial charge in [-0.2, -0.15) is 10.5 Å². The zero-order valence-electron chi connectivity index (χ0n) is 10.8. The molecule has 0 aliphatic rings. The largest absolute Gasteiger partial charge is 0.492 e. The van der Waals surface area contributed by atoms with Crippen LogP contribution in [-0.4, -0.2) is 31.1 Å². The smallest absolute Gasteiger partial charge is 0.120 e. The number of benzene rings is 1. The SMILES string of the molecule is CC(CC#N)N(C)CCOc1cccc(C#N)c1. The molecule has 0 spiro atoms. The van der Waals surface area contributed by atoms with Crippen LogP contribution in [0.4, 0.5) is 0 Å². The van der Waals surface area contributed by atoms with E-state index in [-0.39, 0.29) is 6.04 Å². The lowest BCUT2D eigenvalue weighted by molar-refractivity contribution is 0.201. The molecule has 1 atom stereocenters. The molecule has 0 aliphatic carbocycles. The highest BCUT2D eigenvalue weighted by atomic mass is 16.5. The van der Waals surface area contributed by atoms with Crippen LogP contribution in [0.25, 0.3) is 0 Å². The van der Waals surface area contributed by atoms with Crippen molar-refractivity contribution in [2.75, 3.05) is 20.2 Å². The summed E-state index contributed by atoms with van der Waals surface area (Å²) in [5, 5.41) is 17.4. The predicted octanol–water partition coefficient (Wildman–Crippen LogP) is 2.17. The summed E-state index contributed by atoms with van der Waals surface area (Å²) in [4.78, 5) is 2.08. The molecule has 4 nitrogen and oxygen atoms in total. The van der Waals surface area contributed by atoms with Gasteiger partial charge < -0.3 is 4.74 Å². The molecule has 0 saturated heterocycles. The van der Waals surface area contributed by atoms with Crippen molar-refractivity contribution in [3.63, 3.8) is 0 Å². The summed E-state index contributed by atoms with van der Waals surface area (Å²) < 4.78 is 5.57. The number of nitriles is 2. The van der Waals surface area contributed by atoms with Crippen LogP contribution in [0, 0.1) is 22.7 Å². The Kier molecular flexibility index (Phi) is 5.70. The molecular weight excluding hydrogens is 226 g/mol. The molecule has 0 aliphatic heterocycles. The Morgan fingerprint density at radius 3 is 2.83 bits per heavy atom. The van der Waals surface area contributed by atoms with E-state index in [1.807, 2.05) is 20.0 Å². The number of nitrogens with zero attached hydrogens (tertiary/aromatic N) is 3. The molecule has 0 bridgehead atoms. The highest BCUT2D eigenvalue weighted by Gasteiger charge is 2.08. The van der Waals surface area contributed by atoms with Gasteiger partial charge in [-0.15, -0.1) is 0 Å². The molecular formula is C14H17N3O. The third-order valence-electron chi connectivity index (χ3n) is 2.82. The first-order valence-electron chi connectivity index (χ1n) is 5.87. The minimum absolute atomic E-state index is 0.226. The van der Waals surface area contributed by atoms with Crippen LogP contribution in [0.2, 0.25) is 0 Å². The fourth-order valence-corrected chi connectivity index (χ4v) is 1.47. The monoisotopic (exact) mass is 243 g/mol. The third-order valence-corrected chi connectivity index (χ3v) is 2.82. The second-order valence-electron chi connectivity index (χ2n) is 4.18. The summed E-state index contributed by atoms with van der Waals surface area (Å²) in [5.41, 5.74) is 0.596. The molecule has 0 radical (unpaired) electrons. The maximum Gasteiger partial charge on any atom is 0.120 e. The lowest BCUT2D eigenvalue weighted by Crippen LogP contribution is -2.32. The number of rotatable bonds is 6. The molecule has 18 heavy (non-hydrogen) atoms. The van der Waals surface area contributed by atoms with E-state index in [0.717, 1.165) is 6.54 Å². The highest BCUT2D eigenvalue weighted by Crippen LogP contribution is 2.12. The van der Waals surface area contributed by atoms with Crippen LogP contribution in [0.5, 0.6) is 5.75 Å². The second kappa shape index (κ2) is 7.32. The number of likely N-dealkylation sites (N-methyl/N-ethyl adjacent to an activating group) is 1. The standard InChI is InChI=1S/C14H17N3O/c1-12(6-7-15)17(2)8-9-18-14-5-3-4-13(10-14)11-16/h3-5,10,12H,6,8-9H2,1-2H3. The van der Waals surface area contributed by atoms with Gasteiger partial charge in [-0.3, -0.25) is 4.90 Å². The molecule has 94 valence electrons. The summed E-state index contributed by atoms with van der Waals surface area (Å²) in [7, 11) is 1.97. The Morgan fingerprint density at radius 1 is 1.39 bits per heavy atom. The average Bonchev–Trinajstić information content (AvgIpc) is 2.39. The van der Waals surface area contributed by atoms with Crippen LogP contribution in [-0.2, 0) is 0 Å². The van der Waals surface area contributed by atoms with E-state index in [4.69, 9.17) is 15.3 Å². The van der Waals surface area contributed by atoms with Gasteiger partial charge in [0.05, 0.1) is 24.1 Å². The van der Waals surface area contributed by atoms with Crippen molar-refractivity contribution in [1.82, 2.24) is 4.90 Å². The van der Waals surface area contributed by atoms with Gasteiger partial charge in [-0.05, 0) is 32.2 Å². The fraction of sp³-hybridized carbons (Fsp3) is 0.429. The van der Waals surface area contributed by atoms with Crippen molar-refractivity contribution < 1.29 is 4.74 Å². The van der Waals surface area contributed by atoms with Crippen molar-refractivity contribution in [2.45, 2.75) is 19.4 Å². The average molecular weight is 243 g/mol. The molecule has 1 aromatic carbocycles. The minimum atomic E-state index is 0.226. The Morgan fingerprint density at radius 2 is 2.17 bits per heavy atom. The Hall–Kier alpha value is -2.04. The Labute approximate surface area is 108 Å². The van der Waals surface area contributed by atoms with Gasteiger partial charge in [-0.1, -0.05) is 6.07 Å². The Balaban J connectivity index is 2.38. The summed E-state index contributed by atoms with van der Waals surface area (Å²) in [6, 6.07) is 11.6. The molecule has 0 fully saturated rings. The predicted molar refractivity (Wildman–Crippen MR) is 69.0 cm³/mol. The van der Waals surface area contributed by atoms with Crippen molar-refractivity contribution in [2.24, 2.45) is 0 Å². The van der Waals surface area contributed by atoms with Gasteiger partial charge in [0.15, 0.2) is 0 Å². The summed E-state index contributed by atoms with van der Waals surface area (Å²) in [5.74, 6) is 0.704. The summed E-state index contributed by atoms with van der Waals surface area (Å²) in [6.07, 6.45) is 0.514. The molecule has 0 amide bonds. The van der Waals surface area contributed by atoms with Crippen LogP contribution in [0.1, 0.15) is 18.9 Å². The van der Waals surface area contributed by atoms with Crippen LogP contribution >= 0.6 is 0 Å². The van der Waals surface area contributed by atoms with Crippen molar-refractivity contribution in [3.8, 4) is 17.9 Å². The molecule has 0 heterocycles. The first kappa shape index (κ1) is 14.0. The van der Waals surface area contributed by atoms with E-state index in [0.29, 0.717) is 24.3 Å². The minimum Gasteiger partial charge on any atom is -0.492 e. The van der Waals surface area contributed by atoms with Crippen LogP contribution < -0.4 is 4.74 Å². The van der Waals surface area contributed by atoms with E-state index < -0.39 is 0 Å². The fourth-order valence-electron chi connectivity index (χ4n) is 1.47. The highest BCUT2D eigenvalue weighted by molar-refractivity contribution is 5.36.